The lowest BCUT2D eigenvalue weighted by Crippen LogP contribution is -2.26. The van der Waals surface area contributed by atoms with Gasteiger partial charge in [-0.25, -0.2) is 0 Å². The molecule has 0 heterocycles. The fourth-order valence-electron chi connectivity index (χ4n) is 1.90. The standard InChI is InChI=1S/C13H27NO3/c1-4-14(5-2)10-7-8-12(9-11-15)13(16)17-6-3/h12,15H,4-11H2,1-3H3. The number of ether oxygens (including phenoxy) is 1. The SMILES string of the molecule is CCOC(=O)C(CCO)CCCN(CC)CC. The summed E-state index contributed by atoms with van der Waals surface area (Å²) >= 11 is 0. The maximum absolute atomic E-state index is 11.6. The van der Waals surface area contributed by atoms with Crippen LogP contribution in [-0.2, 0) is 9.53 Å². The van der Waals surface area contributed by atoms with Gasteiger partial charge in [-0.15, -0.1) is 0 Å². The zero-order chi connectivity index (χ0) is 13.1. The van der Waals surface area contributed by atoms with Crippen molar-refractivity contribution < 1.29 is 14.6 Å². The van der Waals surface area contributed by atoms with E-state index < -0.39 is 0 Å². The third-order valence-electron chi connectivity index (χ3n) is 3.02. The number of esters is 1. The van der Waals surface area contributed by atoms with Crippen LogP contribution in [0.1, 0.15) is 40.0 Å². The molecule has 1 unspecified atom stereocenters. The number of rotatable bonds is 10. The maximum atomic E-state index is 11.6. The van der Waals surface area contributed by atoms with Gasteiger partial charge in [0.2, 0.25) is 0 Å². The summed E-state index contributed by atoms with van der Waals surface area (Å²) in [5.74, 6) is -0.309. The summed E-state index contributed by atoms with van der Waals surface area (Å²) in [4.78, 5) is 13.9. The molecule has 1 atom stereocenters. The molecule has 17 heavy (non-hydrogen) atoms. The molecular formula is C13H27NO3. The Bertz CT molecular complexity index is 193. The van der Waals surface area contributed by atoms with Gasteiger partial charge in [0.25, 0.3) is 0 Å². The van der Waals surface area contributed by atoms with Crippen LogP contribution in [0.4, 0.5) is 0 Å². The highest BCUT2D eigenvalue weighted by molar-refractivity contribution is 5.72. The fraction of sp³-hybridized carbons (Fsp3) is 0.923. The van der Waals surface area contributed by atoms with Crippen LogP contribution in [-0.4, -0.2) is 48.8 Å². The number of carbonyl (C=O) groups excluding carboxylic acids is 1. The molecule has 0 aromatic rings. The molecule has 0 saturated heterocycles. The highest BCUT2D eigenvalue weighted by atomic mass is 16.5. The summed E-state index contributed by atoms with van der Waals surface area (Å²) in [7, 11) is 0. The van der Waals surface area contributed by atoms with Gasteiger partial charge in [0.15, 0.2) is 0 Å². The van der Waals surface area contributed by atoms with Crippen molar-refractivity contribution in [2.75, 3.05) is 32.8 Å². The van der Waals surface area contributed by atoms with Crippen LogP contribution >= 0.6 is 0 Å². The van der Waals surface area contributed by atoms with E-state index in [1.165, 1.54) is 0 Å². The molecule has 0 spiro atoms. The molecule has 0 radical (unpaired) electrons. The molecule has 0 aromatic carbocycles. The lowest BCUT2D eigenvalue weighted by molar-refractivity contribution is -0.148. The van der Waals surface area contributed by atoms with Gasteiger partial charge in [-0.3, -0.25) is 4.79 Å². The second kappa shape index (κ2) is 10.5. The molecule has 0 aromatic heterocycles. The van der Waals surface area contributed by atoms with Crippen LogP contribution in [0.25, 0.3) is 0 Å². The first kappa shape index (κ1) is 16.4. The zero-order valence-corrected chi connectivity index (χ0v) is 11.4. The summed E-state index contributed by atoms with van der Waals surface area (Å²) in [5, 5.41) is 8.94. The van der Waals surface area contributed by atoms with E-state index in [4.69, 9.17) is 9.84 Å². The molecule has 0 aliphatic rings. The summed E-state index contributed by atoms with van der Waals surface area (Å²) in [5.41, 5.74) is 0. The molecule has 0 amide bonds. The molecule has 0 bridgehead atoms. The molecule has 0 rings (SSSR count). The Labute approximate surface area is 105 Å². The van der Waals surface area contributed by atoms with Gasteiger partial charge >= 0.3 is 5.97 Å². The minimum absolute atomic E-state index is 0.0503. The number of aliphatic hydroxyl groups is 1. The molecule has 4 heteroatoms. The third kappa shape index (κ3) is 7.34. The Balaban J connectivity index is 3.95. The topological polar surface area (TPSA) is 49.8 Å². The molecule has 0 saturated carbocycles. The van der Waals surface area contributed by atoms with E-state index in [1.807, 2.05) is 6.92 Å². The summed E-state index contributed by atoms with van der Waals surface area (Å²) in [6.45, 7) is 9.64. The minimum atomic E-state index is -0.166. The van der Waals surface area contributed by atoms with E-state index in [0.717, 1.165) is 32.5 Å². The van der Waals surface area contributed by atoms with Gasteiger partial charge in [-0.2, -0.15) is 0 Å². The Morgan fingerprint density at radius 3 is 2.35 bits per heavy atom. The molecule has 0 fully saturated rings. The van der Waals surface area contributed by atoms with Crippen LogP contribution in [0.2, 0.25) is 0 Å². The number of carbonyl (C=O) groups is 1. The van der Waals surface area contributed by atoms with Crippen LogP contribution < -0.4 is 0 Å². The summed E-state index contributed by atoms with van der Waals surface area (Å²) in [6, 6.07) is 0. The predicted molar refractivity (Wildman–Crippen MR) is 68.8 cm³/mol. The normalized spacial score (nSPS) is 12.8. The third-order valence-corrected chi connectivity index (χ3v) is 3.02. The molecule has 1 N–H and O–H groups in total. The van der Waals surface area contributed by atoms with Crippen LogP contribution in [0.5, 0.6) is 0 Å². The molecule has 4 nitrogen and oxygen atoms in total. The maximum Gasteiger partial charge on any atom is 0.309 e. The monoisotopic (exact) mass is 245 g/mol. The molecule has 102 valence electrons. The van der Waals surface area contributed by atoms with E-state index in [-0.39, 0.29) is 18.5 Å². The lowest BCUT2D eigenvalue weighted by atomic mass is 10.00. The van der Waals surface area contributed by atoms with Gasteiger partial charge in [0, 0.05) is 6.61 Å². The van der Waals surface area contributed by atoms with Gasteiger partial charge < -0.3 is 14.7 Å². The summed E-state index contributed by atoms with van der Waals surface area (Å²) in [6.07, 6.45) is 2.29. The minimum Gasteiger partial charge on any atom is -0.466 e. The Morgan fingerprint density at radius 1 is 1.24 bits per heavy atom. The van der Waals surface area contributed by atoms with Gasteiger partial charge in [-0.05, 0) is 45.8 Å². The average Bonchev–Trinajstić information content (AvgIpc) is 2.33. The number of nitrogens with zero attached hydrogens (tertiary/aromatic N) is 1. The van der Waals surface area contributed by atoms with E-state index in [9.17, 15) is 4.79 Å². The predicted octanol–water partition coefficient (Wildman–Crippen LogP) is 1.67. The van der Waals surface area contributed by atoms with Crippen molar-refractivity contribution in [3.63, 3.8) is 0 Å². The average molecular weight is 245 g/mol. The largest absolute Gasteiger partial charge is 0.466 e. The van der Waals surface area contributed by atoms with Crippen LogP contribution in [0.15, 0.2) is 0 Å². The zero-order valence-electron chi connectivity index (χ0n) is 11.4. The van der Waals surface area contributed by atoms with Gasteiger partial charge in [-0.1, -0.05) is 13.8 Å². The number of hydrogen-bond donors (Lipinski definition) is 1. The molecule has 0 aliphatic carbocycles. The lowest BCUT2D eigenvalue weighted by Gasteiger charge is -2.19. The first-order chi connectivity index (χ1) is 8.19. The van der Waals surface area contributed by atoms with Crippen LogP contribution in [0, 0.1) is 5.92 Å². The summed E-state index contributed by atoms with van der Waals surface area (Å²) < 4.78 is 5.00. The Hall–Kier alpha value is -0.610. The van der Waals surface area contributed by atoms with E-state index in [2.05, 4.69) is 18.7 Å². The van der Waals surface area contributed by atoms with E-state index in [1.54, 1.807) is 0 Å². The number of hydrogen-bond acceptors (Lipinski definition) is 4. The van der Waals surface area contributed by atoms with Crippen molar-refractivity contribution in [2.45, 2.75) is 40.0 Å². The van der Waals surface area contributed by atoms with Crippen molar-refractivity contribution in [1.82, 2.24) is 4.90 Å². The number of aliphatic hydroxyl groups excluding tert-OH is 1. The van der Waals surface area contributed by atoms with E-state index >= 15 is 0 Å². The van der Waals surface area contributed by atoms with Crippen molar-refractivity contribution in [2.24, 2.45) is 5.92 Å². The van der Waals surface area contributed by atoms with E-state index in [0.29, 0.717) is 13.0 Å². The Kier molecular flexibility index (Phi) is 10.2. The van der Waals surface area contributed by atoms with Crippen molar-refractivity contribution >= 4 is 5.97 Å². The first-order valence-electron chi connectivity index (χ1n) is 6.69. The molecular weight excluding hydrogens is 218 g/mol. The van der Waals surface area contributed by atoms with Crippen LogP contribution in [0.3, 0.4) is 0 Å². The molecule has 0 aliphatic heterocycles. The quantitative estimate of drug-likeness (QED) is 0.595. The highest BCUT2D eigenvalue weighted by Crippen LogP contribution is 2.13. The second-order valence-corrected chi connectivity index (χ2v) is 4.13. The first-order valence-corrected chi connectivity index (χ1v) is 6.69. The van der Waals surface area contributed by atoms with Crippen molar-refractivity contribution in [3.05, 3.63) is 0 Å². The second-order valence-electron chi connectivity index (χ2n) is 4.13. The van der Waals surface area contributed by atoms with Crippen molar-refractivity contribution in [3.8, 4) is 0 Å². The van der Waals surface area contributed by atoms with Crippen molar-refractivity contribution in [1.29, 1.82) is 0 Å². The smallest absolute Gasteiger partial charge is 0.309 e. The van der Waals surface area contributed by atoms with Gasteiger partial charge in [0.05, 0.1) is 12.5 Å². The fourth-order valence-corrected chi connectivity index (χ4v) is 1.90. The van der Waals surface area contributed by atoms with Gasteiger partial charge in [0.1, 0.15) is 0 Å². The Morgan fingerprint density at radius 2 is 1.88 bits per heavy atom. The highest BCUT2D eigenvalue weighted by Gasteiger charge is 2.18.